The van der Waals surface area contributed by atoms with E-state index in [9.17, 15) is 18.0 Å². The molecule has 0 unspecified atom stereocenters. The van der Waals surface area contributed by atoms with E-state index in [-0.39, 0.29) is 22.8 Å². The van der Waals surface area contributed by atoms with Gasteiger partial charge in [-0.25, -0.2) is 13.1 Å². The van der Waals surface area contributed by atoms with E-state index in [2.05, 4.69) is 15.4 Å². The molecule has 1 saturated carbocycles. The Morgan fingerprint density at radius 3 is 2.42 bits per heavy atom. The molecule has 2 aliphatic rings. The van der Waals surface area contributed by atoms with Gasteiger partial charge in [-0.3, -0.25) is 9.59 Å². The van der Waals surface area contributed by atoms with Gasteiger partial charge in [0, 0.05) is 29.4 Å². The molecule has 0 aromatic heterocycles. The number of carbonyl (C=O) groups excluding carboxylic acids is 2. The van der Waals surface area contributed by atoms with Crippen LogP contribution in [0.5, 0.6) is 0 Å². The Morgan fingerprint density at radius 2 is 1.68 bits per heavy atom. The van der Waals surface area contributed by atoms with Gasteiger partial charge in [0.05, 0.1) is 4.90 Å². The van der Waals surface area contributed by atoms with E-state index in [4.69, 9.17) is 0 Å². The van der Waals surface area contributed by atoms with Gasteiger partial charge in [0.2, 0.25) is 15.9 Å². The van der Waals surface area contributed by atoms with Gasteiger partial charge in [0.25, 0.3) is 5.91 Å². The molecule has 1 heterocycles. The normalized spacial score (nSPS) is 17.4. The first-order chi connectivity index (χ1) is 14.9. The van der Waals surface area contributed by atoms with Gasteiger partial charge in [-0.1, -0.05) is 19.3 Å². The molecule has 2 aromatic carbocycles. The summed E-state index contributed by atoms with van der Waals surface area (Å²) in [7, 11) is -3.57. The Balaban J connectivity index is 1.42. The van der Waals surface area contributed by atoms with Gasteiger partial charge >= 0.3 is 0 Å². The first-order valence-electron chi connectivity index (χ1n) is 10.8. The Bertz CT molecular complexity index is 1070. The summed E-state index contributed by atoms with van der Waals surface area (Å²) in [5.74, 6) is -0.293. The number of rotatable bonds is 5. The van der Waals surface area contributed by atoms with Crippen molar-refractivity contribution >= 4 is 33.2 Å². The standard InChI is InChI=1S/C23H27N3O4S/c27-22-8-4-5-16-15-17(9-14-21(16)25-22)23(28)24-18-10-12-20(13-11-18)31(29,30)26-19-6-2-1-3-7-19/h9-15,19,26H,1-8H2,(H,24,28)(H,25,27). The Hall–Kier alpha value is -2.71. The molecule has 0 atom stereocenters. The molecule has 8 heteroatoms. The molecule has 2 aromatic rings. The van der Waals surface area contributed by atoms with Crippen LogP contribution in [0.4, 0.5) is 11.4 Å². The predicted molar refractivity (Wildman–Crippen MR) is 120 cm³/mol. The molecule has 0 spiro atoms. The van der Waals surface area contributed by atoms with Crippen molar-refractivity contribution in [3.63, 3.8) is 0 Å². The molecule has 0 bridgehead atoms. The van der Waals surface area contributed by atoms with Crippen LogP contribution >= 0.6 is 0 Å². The average Bonchev–Trinajstić information content (AvgIpc) is 2.94. The highest BCUT2D eigenvalue weighted by Gasteiger charge is 2.22. The molecule has 4 rings (SSSR count). The average molecular weight is 442 g/mol. The number of nitrogens with one attached hydrogen (secondary N) is 3. The minimum Gasteiger partial charge on any atom is -0.326 e. The second kappa shape index (κ2) is 9.20. The molecule has 2 amide bonds. The third-order valence-corrected chi connectivity index (χ3v) is 7.38. The number of hydrogen-bond acceptors (Lipinski definition) is 4. The first kappa shape index (κ1) is 21.5. The van der Waals surface area contributed by atoms with Crippen molar-refractivity contribution in [2.45, 2.75) is 62.3 Å². The summed E-state index contributed by atoms with van der Waals surface area (Å²) in [4.78, 5) is 24.5. The third-order valence-electron chi connectivity index (χ3n) is 5.84. The Kier molecular flexibility index (Phi) is 6.38. The number of amides is 2. The monoisotopic (exact) mass is 441 g/mol. The van der Waals surface area contributed by atoms with Gasteiger partial charge in [0.1, 0.15) is 0 Å². The molecular weight excluding hydrogens is 414 g/mol. The molecule has 31 heavy (non-hydrogen) atoms. The molecule has 1 aliphatic heterocycles. The van der Waals surface area contributed by atoms with Crippen molar-refractivity contribution in [1.82, 2.24) is 4.72 Å². The molecule has 0 saturated heterocycles. The van der Waals surface area contributed by atoms with Crippen LogP contribution in [0.25, 0.3) is 0 Å². The fourth-order valence-corrected chi connectivity index (χ4v) is 5.45. The maximum Gasteiger partial charge on any atom is 0.255 e. The van der Waals surface area contributed by atoms with E-state index in [0.717, 1.165) is 56.2 Å². The first-order valence-corrected chi connectivity index (χ1v) is 12.3. The maximum atomic E-state index is 12.7. The number of fused-ring (bicyclic) bond motifs is 1. The number of anilines is 2. The van der Waals surface area contributed by atoms with Gasteiger partial charge in [-0.2, -0.15) is 0 Å². The van der Waals surface area contributed by atoms with Crippen molar-refractivity contribution in [2.75, 3.05) is 10.6 Å². The second-order valence-electron chi connectivity index (χ2n) is 8.21. The van der Waals surface area contributed by atoms with E-state index in [1.807, 2.05) is 0 Å². The maximum absolute atomic E-state index is 12.7. The van der Waals surface area contributed by atoms with E-state index in [1.165, 1.54) is 12.1 Å². The van der Waals surface area contributed by atoms with E-state index in [1.54, 1.807) is 30.3 Å². The Morgan fingerprint density at radius 1 is 0.935 bits per heavy atom. The number of benzene rings is 2. The summed E-state index contributed by atoms with van der Waals surface area (Å²) in [6.07, 6.45) is 6.95. The van der Waals surface area contributed by atoms with Crippen LogP contribution in [0, 0.1) is 0 Å². The van der Waals surface area contributed by atoms with Gasteiger partial charge in [0.15, 0.2) is 0 Å². The molecule has 1 fully saturated rings. The fraction of sp³-hybridized carbons (Fsp3) is 0.391. The summed E-state index contributed by atoms with van der Waals surface area (Å²) < 4.78 is 28.0. The number of aryl methyl sites for hydroxylation is 1. The lowest BCUT2D eigenvalue weighted by Crippen LogP contribution is -2.36. The quantitative estimate of drug-likeness (QED) is 0.656. The van der Waals surface area contributed by atoms with Crippen LogP contribution in [-0.4, -0.2) is 26.3 Å². The molecule has 164 valence electrons. The number of sulfonamides is 1. The van der Waals surface area contributed by atoms with Crippen LogP contribution in [0.1, 0.15) is 60.9 Å². The van der Waals surface area contributed by atoms with Crippen LogP contribution in [0.3, 0.4) is 0 Å². The second-order valence-corrected chi connectivity index (χ2v) is 9.92. The molecule has 0 radical (unpaired) electrons. The largest absolute Gasteiger partial charge is 0.326 e. The summed E-state index contributed by atoms with van der Waals surface area (Å²) in [6, 6.07) is 11.4. The summed E-state index contributed by atoms with van der Waals surface area (Å²) in [5, 5.41) is 5.66. The highest BCUT2D eigenvalue weighted by molar-refractivity contribution is 7.89. The van der Waals surface area contributed by atoms with E-state index < -0.39 is 10.0 Å². The van der Waals surface area contributed by atoms with Crippen molar-refractivity contribution in [3.8, 4) is 0 Å². The minimum absolute atomic E-state index is 0.00359. The van der Waals surface area contributed by atoms with Gasteiger partial charge in [-0.05, 0) is 73.7 Å². The zero-order chi connectivity index (χ0) is 21.8. The Labute approximate surface area is 182 Å². The fourth-order valence-electron chi connectivity index (χ4n) is 4.14. The summed E-state index contributed by atoms with van der Waals surface area (Å²) >= 11 is 0. The molecule has 7 nitrogen and oxygen atoms in total. The van der Waals surface area contributed by atoms with Gasteiger partial charge < -0.3 is 10.6 Å². The summed E-state index contributed by atoms with van der Waals surface area (Å²) in [5.41, 5.74) is 2.70. The van der Waals surface area contributed by atoms with Crippen molar-refractivity contribution in [3.05, 3.63) is 53.6 Å². The molecule has 3 N–H and O–H groups in total. The van der Waals surface area contributed by atoms with Crippen molar-refractivity contribution in [2.24, 2.45) is 0 Å². The topological polar surface area (TPSA) is 104 Å². The lowest BCUT2D eigenvalue weighted by molar-refractivity contribution is -0.116. The van der Waals surface area contributed by atoms with Crippen molar-refractivity contribution in [1.29, 1.82) is 0 Å². The lowest BCUT2D eigenvalue weighted by Gasteiger charge is -2.22. The van der Waals surface area contributed by atoms with Crippen LogP contribution < -0.4 is 15.4 Å². The highest BCUT2D eigenvalue weighted by Crippen LogP contribution is 2.24. The van der Waals surface area contributed by atoms with Crippen molar-refractivity contribution < 1.29 is 18.0 Å². The zero-order valence-electron chi connectivity index (χ0n) is 17.3. The third kappa shape index (κ3) is 5.32. The lowest BCUT2D eigenvalue weighted by atomic mass is 9.96. The number of carbonyl (C=O) groups is 2. The molecular formula is C23H27N3O4S. The highest BCUT2D eigenvalue weighted by atomic mass is 32.2. The summed E-state index contributed by atoms with van der Waals surface area (Å²) in [6.45, 7) is 0. The van der Waals surface area contributed by atoms with Crippen LogP contribution in [0.15, 0.2) is 47.4 Å². The SMILES string of the molecule is O=C1CCCc2cc(C(=O)Nc3ccc(S(=O)(=O)NC4CCCCC4)cc3)ccc2N1. The van der Waals surface area contributed by atoms with Gasteiger partial charge in [-0.15, -0.1) is 0 Å². The molecule has 1 aliphatic carbocycles. The van der Waals surface area contributed by atoms with Crippen LogP contribution in [0.2, 0.25) is 0 Å². The smallest absolute Gasteiger partial charge is 0.255 e. The van der Waals surface area contributed by atoms with E-state index in [0.29, 0.717) is 17.7 Å². The van der Waals surface area contributed by atoms with E-state index >= 15 is 0 Å². The number of hydrogen-bond donors (Lipinski definition) is 3. The minimum atomic E-state index is -3.57. The zero-order valence-corrected chi connectivity index (χ0v) is 18.1. The van der Waals surface area contributed by atoms with Crippen LogP contribution in [-0.2, 0) is 21.2 Å². The predicted octanol–water partition coefficient (Wildman–Crippen LogP) is 3.82.